The molecule has 0 aliphatic carbocycles. The van der Waals surface area contributed by atoms with Crippen molar-refractivity contribution in [1.29, 1.82) is 0 Å². The highest BCUT2D eigenvalue weighted by molar-refractivity contribution is 5.34. The summed E-state index contributed by atoms with van der Waals surface area (Å²) in [5.41, 5.74) is 1.07. The summed E-state index contributed by atoms with van der Waals surface area (Å²) in [6.07, 6.45) is 0.748. The number of aliphatic hydroxyl groups is 1. The molecule has 5 nitrogen and oxygen atoms in total. The van der Waals surface area contributed by atoms with Crippen molar-refractivity contribution in [2.45, 2.75) is 6.42 Å². The van der Waals surface area contributed by atoms with Gasteiger partial charge in [0.25, 0.3) is 5.69 Å². The molecule has 16 heavy (non-hydrogen) atoms. The standard InChI is InChI=1S/C11H16N2O3/c1-12(7-8-14)6-5-10-3-2-4-11(9-10)13(15)16/h2-4,9,14H,5-8H2,1H3. The molecule has 0 aliphatic heterocycles. The number of likely N-dealkylation sites (N-methyl/N-ethyl adjacent to an activating group) is 1. The minimum absolute atomic E-state index is 0.127. The third kappa shape index (κ3) is 3.96. The molecule has 1 aromatic rings. The zero-order valence-corrected chi connectivity index (χ0v) is 9.30. The highest BCUT2D eigenvalue weighted by Gasteiger charge is 2.06. The highest BCUT2D eigenvalue weighted by Crippen LogP contribution is 2.13. The van der Waals surface area contributed by atoms with Crippen molar-refractivity contribution in [1.82, 2.24) is 4.90 Å². The van der Waals surface area contributed by atoms with E-state index < -0.39 is 0 Å². The Morgan fingerprint density at radius 3 is 2.81 bits per heavy atom. The molecule has 0 unspecified atom stereocenters. The van der Waals surface area contributed by atoms with Crippen LogP contribution in [0.25, 0.3) is 0 Å². The van der Waals surface area contributed by atoms with Gasteiger partial charge in [0.15, 0.2) is 0 Å². The fourth-order valence-corrected chi connectivity index (χ4v) is 1.43. The van der Waals surface area contributed by atoms with Crippen LogP contribution in [-0.4, -0.2) is 41.7 Å². The molecule has 0 fully saturated rings. The Balaban J connectivity index is 2.54. The maximum absolute atomic E-state index is 10.6. The van der Waals surface area contributed by atoms with Gasteiger partial charge in [0.2, 0.25) is 0 Å². The van der Waals surface area contributed by atoms with Crippen molar-refractivity contribution in [3.63, 3.8) is 0 Å². The topological polar surface area (TPSA) is 66.6 Å². The van der Waals surface area contributed by atoms with E-state index in [1.54, 1.807) is 12.1 Å². The van der Waals surface area contributed by atoms with E-state index in [0.717, 1.165) is 18.5 Å². The SMILES string of the molecule is CN(CCO)CCc1cccc([N+](=O)[O-])c1. The molecule has 0 bridgehead atoms. The molecule has 0 aromatic heterocycles. The van der Waals surface area contributed by atoms with E-state index in [-0.39, 0.29) is 17.2 Å². The van der Waals surface area contributed by atoms with Crippen LogP contribution >= 0.6 is 0 Å². The molecule has 0 saturated carbocycles. The van der Waals surface area contributed by atoms with Crippen LogP contribution in [0.2, 0.25) is 0 Å². The van der Waals surface area contributed by atoms with Gasteiger partial charge in [-0.3, -0.25) is 10.1 Å². The fraction of sp³-hybridized carbons (Fsp3) is 0.455. The first-order valence-corrected chi connectivity index (χ1v) is 5.16. The van der Waals surface area contributed by atoms with E-state index >= 15 is 0 Å². The van der Waals surface area contributed by atoms with Crippen molar-refractivity contribution in [2.75, 3.05) is 26.7 Å². The van der Waals surface area contributed by atoms with Gasteiger partial charge >= 0.3 is 0 Å². The van der Waals surface area contributed by atoms with Crippen molar-refractivity contribution in [3.05, 3.63) is 39.9 Å². The van der Waals surface area contributed by atoms with E-state index in [2.05, 4.69) is 0 Å². The van der Waals surface area contributed by atoms with Gasteiger partial charge in [0.05, 0.1) is 11.5 Å². The molecule has 0 heterocycles. The lowest BCUT2D eigenvalue weighted by Gasteiger charge is -2.14. The number of hydrogen-bond donors (Lipinski definition) is 1. The predicted molar refractivity (Wildman–Crippen MR) is 61.4 cm³/mol. The summed E-state index contributed by atoms with van der Waals surface area (Å²) < 4.78 is 0. The zero-order valence-electron chi connectivity index (χ0n) is 9.30. The summed E-state index contributed by atoms with van der Waals surface area (Å²) in [4.78, 5) is 12.2. The lowest BCUT2D eigenvalue weighted by molar-refractivity contribution is -0.384. The Hall–Kier alpha value is -1.46. The molecule has 0 aliphatic rings. The number of nitrogens with zero attached hydrogens (tertiary/aromatic N) is 2. The molecule has 0 radical (unpaired) electrons. The largest absolute Gasteiger partial charge is 0.395 e. The molecular formula is C11H16N2O3. The molecule has 0 amide bonds. The van der Waals surface area contributed by atoms with Crippen molar-refractivity contribution >= 4 is 5.69 Å². The quantitative estimate of drug-likeness (QED) is 0.579. The molecule has 0 atom stereocenters. The van der Waals surface area contributed by atoms with E-state index in [4.69, 9.17) is 5.11 Å². The van der Waals surface area contributed by atoms with Gasteiger partial charge in [-0.15, -0.1) is 0 Å². The van der Waals surface area contributed by atoms with Crippen LogP contribution in [0, 0.1) is 10.1 Å². The van der Waals surface area contributed by atoms with Crippen LogP contribution in [0.4, 0.5) is 5.69 Å². The number of aliphatic hydroxyl groups excluding tert-OH is 1. The smallest absolute Gasteiger partial charge is 0.269 e. The van der Waals surface area contributed by atoms with Gasteiger partial charge in [-0.1, -0.05) is 12.1 Å². The maximum atomic E-state index is 10.6. The lowest BCUT2D eigenvalue weighted by Crippen LogP contribution is -2.24. The first kappa shape index (κ1) is 12.6. The van der Waals surface area contributed by atoms with Crippen LogP contribution in [-0.2, 0) is 6.42 Å². The highest BCUT2D eigenvalue weighted by atomic mass is 16.6. The molecular weight excluding hydrogens is 208 g/mol. The average Bonchev–Trinajstić information content (AvgIpc) is 2.27. The summed E-state index contributed by atoms with van der Waals surface area (Å²) >= 11 is 0. The normalized spacial score (nSPS) is 10.7. The molecule has 0 spiro atoms. The Bertz CT molecular complexity index is 355. The van der Waals surface area contributed by atoms with Gasteiger partial charge in [0, 0.05) is 25.2 Å². The summed E-state index contributed by atoms with van der Waals surface area (Å²) in [5.74, 6) is 0. The van der Waals surface area contributed by atoms with E-state index in [9.17, 15) is 10.1 Å². The third-order valence-corrected chi connectivity index (χ3v) is 2.39. The predicted octanol–water partition coefficient (Wildman–Crippen LogP) is 1.06. The van der Waals surface area contributed by atoms with Gasteiger partial charge in [-0.25, -0.2) is 0 Å². The van der Waals surface area contributed by atoms with Crippen molar-refractivity contribution < 1.29 is 10.0 Å². The van der Waals surface area contributed by atoms with Crippen LogP contribution < -0.4 is 0 Å². The second kappa shape index (κ2) is 6.19. The third-order valence-electron chi connectivity index (χ3n) is 2.39. The second-order valence-corrected chi connectivity index (χ2v) is 3.70. The number of rotatable bonds is 6. The van der Waals surface area contributed by atoms with E-state index in [0.29, 0.717) is 6.54 Å². The fourth-order valence-electron chi connectivity index (χ4n) is 1.43. The van der Waals surface area contributed by atoms with Gasteiger partial charge in [-0.2, -0.15) is 0 Å². The first-order chi connectivity index (χ1) is 7.63. The maximum Gasteiger partial charge on any atom is 0.269 e. The van der Waals surface area contributed by atoms with Crippen LogP contribution in [0.5, 0.6) is 0 Å². The number of nitro groups is 1. The van der Waals surface area contributed by atoms with Crippen molar-refractivity contribution in [2.24, 2.45) is 0 Å². The Kier molecular flexibility index (Phi) is 4.88. The van der Waals surface area contributed by atoms with Gasteiger partial charge < -0.3 is 10.0 Å². The Morgan fingerprint density at radius 1 is 1.44 bits per heavy atom. The van der Waals surface area contributed by atoms with Crippen LogP contribution in [0.15, 0.2) is 24.3 Å². The summed E-state index contributed by atoms with van der Waals surface area (Å²) in [7, 11) is 1.91. The number of non-ortho nitro benzene ring substituents is 1. The number of hydrogen-bond acceptors (Lipinski definition) is 4. The lowest BCUT2D eigenvalue weighted by atomic mass is 10.1. The van der Waals surface area contributed by atoms with Crippen LogP contribution in [0.3, 0.4) is 0 Å². The Morgan fingerprint density at radius 2 is 2.19 bits per heavy atom. The molecule has 88 valence electrons. The van der Waals surface area contributed by atoms with E-state index in [1.165, 1.54) is 6.07 Å². The molecule has 1 N–H and O–H groups in total. The average molecular weight is 224 g/mol. The van der Waals surface area contributed by atoms with E-state index in [1.807, 2.05) is 18.0 Å². The minimum atomic E-state index is -0.388. The van der Waals surface area contributed by atoms with Gasteiger partial charge in [0.1, 0.15) is 0 Å². The first-order valence-electron chi connectivity index (χ1n) is 5.16. The summed E-state index contributed by atoms with van der Waals surface area (Å²) in [6, 6.07) is 6.65. The molecule has 5 heteroatoms. The number of benzene rings is 1. The molecule has 1 aromatic carbocycles. The molecule has 1 rings (SSSR count). The zero-order chi connectivity index (χ0) is 12.0. The minimum Gasteiger partial charge on any atom is -0.395 e. The second-order valence-electron chi connectivity index (χ2n) is 3.70. The van der Waals surface area contributed by atoms with Gasteiger partial charge in [-0.05, 0) is 19.0 Å². The molecule has 0 saturated heterocycles. The summed E-state index contributed by atoms with van der Waals surface area (Å²) in [5, 5.41) is 19.3. The number of nitro benzene ring substituents is 1. The van der Waals surface area contributed by atoms with Crippen molar-refractivity contribution in [3.8, 4) is 0 Å². The Labute approximate surface area is 94.5 Å². The van der Waals surface area contributed by atoms with Crippen LogP contribution in [0.1, 0.15) is 5.56 Å². The summed E-state index contributed by atoms with van der Waals surface area (Å²) in [6.45, 7) is 1.53. The monoisotopic (exact) mass is 224 g/mol.